The molecule has 0 aromatic heterocycles. The summed E-state index contributed by atoms with van der Waals surface area (Å²) in [5.41, 5.74) is 1.95. The van der Waals surface area contributed by atoms with E-state index in [-0.39, 0.29) is 23.9 Å². The monoisotopic (exact) mass is 331 g/mol. The molecule has 5 nitrogen and oxygen atoms in total. The molecule has 1 aliphatic heterocycles. The van der Waals surface area contributed by atoms with Crippen molar-refractivity contribution in [3.05, 3.63) is 29.8 Å². The number of anilines is 1. The minimum Gasteiger partial charge on any atom is -0.342 e. The van der Waals surface area contributed by atoms with Crippen LogP contribution in [0.5, 0.6) is 0 Å². The van der Waals surface area contributed by atoms with E-state index in [9.17, 15) is 9.59 Å². The molecule has 1 fully saturated rings. The normalized spacial score (nSPS) is 15.4. The number of rotatable bonds is 5. The number of piperidine rings is 1. The first-order chi connectivity index (χ1) is 11.5. The maximum absolute atomic E-state index is 12.4. The maximum atomic E-state index is 12.4. The second-order valence-electron chi connectivity index (χ2n) is 6.58. The first-order valence-corrected chi connectivity index (χ1v) is 8.96. The molecule has 1 aromatic carbocycles. The summed E-state index contributed by atoms with van der Waals surface area (Å²) in [4.78, 5) is 26.4. The van der Waals surface area contributed by atoms with Gasteiger partial charge in [-0.25, -0.2) is 4.79 Å². The molecule has 0 bridgehead atoms. The minimum absolute atomic E-state index is 0.126. The molecule has 0 saturated carbocycles. The molecule has 1 aromatic rings. The SMILES string of the molecule is CCC(CC)C(=O)N1CCC(NC(=O)Nc2ccc(C)cc2)CC1. The van der Waals surface area contributed by atoms with Crippen LogP contribution < -0.4 is 10.6 Å². The topological polar surface area (TPSA) is 61.4 Å². The quantitative estimate of drug-likeness (QED) is 0.867. The molecule has 1 aliphatic rings. The highest BCUT2D eigenvalue weighted by molar-refractivity contribution is 5.89. The predicted octanol–water partition coefficient (Wildman–Crippen LogP) is 3.54. The number of nitrogens with one attached hydrogen (secondary N) is 2. The lowest BCUT2D eigenvalue weighted by molar-refractivity contribution is -0.136. The Morgan fingerprint density at radius 1 is 1.12 bits per heavy atom. The number of urea groups is 1. The zero-order valence-electron chi connectivity index (χ0n) is 15.0. The van der Waals surface area contributed by atoms with Crippen molar-refractivity contribution in [3.8, 4) is 0 Å². The summed E-state index contributed by atoms with van der Waals surface area (Å²) < 4.78 is 0. The molecule has 1 saturated heterocycles. The molecule has 0 spiro atoms. The van der Waals surface area contributed by atoms with Gasteiger partial charge in [0.25, 0.3) is 0 Å². The number of carbonyl (C=O) groups is 2. The van der Waals surface area contributed by atoms with Crippen LogP contribution in [-0.4, -0.2) is 36.0 Å². The van der Waals surface area contributed by atoms with Gasteiger partial charge in [-0.05, 0) is 44.7 Å². The average molecular weight is 331 g/mol. The highest BCUT2D eigenvalue weighted by Crippen LogP contribution is 2.17. The summed E-state index contributed by atoms with van der Waals surface area (Å²) in [5.74, 6) is 0.405. The molecular formula is C19H29N3O2. The standard InChI is InChI=1S/C19H29N3O2/c1-4-15(5-2)18(23)22-12-10-17(11-13-22)21-19(24)20-16-8-6-14(3)7-9-16/h6-9,15,17H,4-5,10-13H2,1-3H3,(H2,20,21,24). The van der Waals surface area contributed by atoms with Gasteiger partial charge in [0.05, 0.1) is 0 Å². The maximum Gasteiger partial charge on any atom is 0.319 e. The van der Waals surface area contributed by atoms with Gasteiger partial charge in [0.2, 0.25) is 5.91 Å². The van der Waals surface area contributed by atoms with Gasteiger partial charge in [-0.15, -0.1) is 0 Å². The zero-order valence-corrected chi connectivity index (χ0v) is 15.0. The number of hydrogen-bond donors (Lipinski definition) is 2. The van der Waals surface area contributed by atoms with Gasteiger partial charge in [0, 0.05) is 30.7 Å². The van der Waals surface area contributed by atoms with Gasteiger partial charge < -0.3 is 15.5 Å². The Morgan fingerprint density at radius 3 is 2.25 bits per heavy atom. The summed E-state index contributed by atoms with van der Waals surface area (Å²) in [5, 5.41) is 5.87. The van der Waals surface area contributed by atoms with E-state index in [0.717, 1.165) is 50.0 Å². The average Bonchev–Trinajstić information content (AvgIpc) is 2.58. The molecular weight excluding hydrogens is 302 g/mol. The van der Waals surface area contributed by atoms with Gasteiger partial charge in [-0.1, -0.05) is 31.5 Å². The van der Waals surface area contributed by atoms with Crippen LogP contribution in [0.4, 0.5) is 10.5 Å². The number of carbonyl (C=O) groups excluding carboxylic acids is 2. The molecule has 132 valence electrons. The third-order valence-corrected chi connectivity index (χ3v) is 4.79. The summed E-state index contributed by atoms with van der Waals surface area (Å²) in [6.45, 7) is 7.60. The highest BCUT2D eigenvalue weighted by Gasteiger charge is 2.27. The van der Waals surface area contributed by atoms with Crippen molar-refractivity contribution < 1.29 is 9.59 Å². The van der Waals surface area contributed by atoms with Crippen molar-refractivity contribution >= 4 is 17.6 Å². The van der Waals surface area contributed by atoms with Gasteiger partial charge in [0.15, 0.2) is 0 Å². The summed E-state index contributed by atoms with van der Waals surface area (Å²) in [7, 11) is 0. The fraction of sp³-hybridized carbons (Fsp3) is 0.579. The van der Waals surface area contributed by atoms with Crippen LogP contribution in [0.25, 0.3) is 0 Å². The first kappa shape index (κ1) is 18.3. The Bertz CT molecular complexity index is 544. The van der Waals surface area contributed by atoms with E-state index in [1.807, 2.05) is 36.1 Å². The Kier molecular flexibility index (Phi) is 6.64. The molecule has 1 heterocycles. The second kappa shape index (κ2) is 8.71. The van der Waals surface area contributed by atoms with Crippen molar-refractivity contribution in [1.82, 2.24) is 10.2 Å². The van der Waals surface area contributed by atoms with Gasteiger partial charge in [-0.2, -0.15) is 0 Å². The van der Waals surface area contributed by atoms with E-state index in [0.29, 0.717) is 0 Å². The first-order valence-electron chi connectivity index (χ1n) is 8.96. The molecule has 3 amide bonds. The molecule has 0 unspecified atom stereocenters. The molecule has 2 N–H and O–H groups in total. The second-order valence-corrected chi connectivity index (χ2v) is 6.58. The highest BCUT2D eigenvalue weighted by atomic mass is 16.2. The lowest BCUT2D eigenvalue weighted by Crippen LogP contribution is -2.48. The summed E-state index contributed by atoms with van der Waals surface area (Å²) >= 11 is 0. The molecule has 0 radical (unpaired) electrons. The van der Waals surface area contributed by atoms with Crippen LogP contribution in [0, 0.1) is 12.8 Å². The Morgan fingerprint density at radius 2 is 1.71 bits per heavy atom. The Balaban J connectivity index is 1.77. The number of aryl methyl sites for hydroxylation is 1. The largest absolute Gasteiger partial charge is 0.342 e. The number of nitrogens with zero attached hydrogens (tertiary/aromatic N) is 1. The van der Waals surface area contributed by atoms with Crippen LogP contribution in [0.2, 0.25) is 0 Å². The lowest BCUT2D eigenvalue weighted by atomic mass is 9.98. The molecule has 24 heavy (non-hydrogen) atoms. The van der Waals surface area contributed by atoms with Crippen molar-refractivity contribution in [2.24, 2.45) is 5.92 Å². The van der Waals surface area contributed by atoms with Gasteiger partial charge >= 0.3 is 6.03 Å². The number of likely N-dealkylation sites (tertiary alicyclic amines) is 1. The van der Waals surface area contributed by atoms with E-state index in [2.05, 4.69) is 24.5 Å². The van der Waals surface area contributed by atoms with E-state index in [4.69, 9.17) is 0 Å². The van der Waals surface area contributed by atoms with Crippen LogP contribution in [0.1, 0.15) is 45.1 Å². The fourth-order valence-corrected chi connectivity index (χ4v) is 3.13. The third-order valence-electron chi connectivity index (χ3n) is 4.79. The molecule has 5 heteroatoms. The van der Waals surface area contributed by atoms with Crippen molar-refractivity contribution in [2.45, 2.75) is 52.5 Å². The zero-order chi connectivity index (χ0) is 17.5. The summed E-state index contributed by atoms with van der Waals surface area (Å²) in [6.07, 6.45) is 3.42. The lowest BCUT2D eigenvalue weighted by Gasteiger charge is -2.34. The van der Waals surface area contributed by atoms with Crippen LogP contribution in [-0.2, 0) is 4.79 Å². The molecule has 0 aliphatic carbocycles. The van der Waals surface area contributed by atoms with Gasteiger partial charge in [0.1, 0.15) is 0 Å². The molecule has 0 atom stereocenters. The number of amides is 3. The van der Waals surface area contributed by atoms with Crippen molar-refractivity contribution in [3.63, 3.8) is 0 Å². The van der Waals surface area contributed by atoms with E-state index in [1.165, 1.54) is 0 Å². The van der Waals surface area contributed by atoms with Gasteiger partial charge in [-0.3, -0.25) is 4.79 Å². The Labute approximate surface area is 144 Å². The van der Waals surface area contributed by atoms with Crippen LogP contribution in [0.3, 0.4) is 0 Å². The number of benzene rings is 1. The van der Waals surface area contributed by atoms with E-state index < -0.39 is 0 Å². The third kappa shape index (κ3) is 4.98. The minimum atomic E-state index is -0.177. The summed E-state index contributed by atoms with van der Waals surface area (Å²) in [6, 6.07) is 7.68. The molecule has 2 rings (SSSR count). The van der Waals surface area contributed by atoms with Crippen molar-refractivity contribution in [2.75, 3.05) is 18.4 Å². The predicted molar refractivity (Wildman–Crippen MR) is 97.0 cm³/mol. The van der Waals surface area contributed by atoms with Crippen LogP contribution >= 0.6 is 0 Å². The van der Waals surface area contributed by atoms with Crippen molar-refractivity contribution in [1.29, 1.82) is 0 Å². The fourth-order valence-electron chi connectivity index (χ4n) is 3.13. The number of hydrogen-bond acceptors (Lipinski definition) is 2. The Hall–Kier alpha value is -2.04. The van der Waals surface area contributed by atoms with E-state index >= 15 is 0 Å². The van der Waals surface area contributed by atoms with Crippen LogP contribution in [0.15, 0.2) is 24.3 Å². The smallest absolute Gasteiger partial charge is 0.319 e. The van der Waals surface area contributed by atoms with E-state index in [1.54, 1.807) is 0 Å².